The fraction of sp³-hybridized carbons (Fsp3) is 0.200. The van der Waals surface area contributed by atoms with Crippen molar-refractivity contribution in [2.75, 3.05) is 7.11 Å². The van der Waals surface area contributed by atoms with Gasteiger partial charge in [-0.3, -0.25) is 0 Å². The van der Waals surface area contributed by atoms with Crippen LogP contribution in [0.5, 0.6) is 5.75 Å². The Kier molecular flexibility index (Phi) is 3.00. The van der Waals surface area contributed by atoms with Crippen LogP contribution in [0.4, 0.5) is 0 Å². The Morgan fingerprint density at radius 2 is 2.29 bits per heavy atom. The Labute approximate surface area is 99.8 Å². The van der Waals surface area contributed by atoms with Crippen LogP contribution in [0.15, 0.2) is 22.0 Å². The SMILES string of the molecule is COc1ccc2sc(Br)cc2c1CCl. The summed E-state index contributed by atoms with van der Waals surface area (Å²) in [7, 11) is 1.67. The van der Waals surface area contributed by atoms with Crippen molar-refractivity contribution in [3.63, 3.8) is 0 Å². The molecule has 1 aromatic carbocycles. The van der Waals surface area contributed by atoms with E-state index < -0.39 is 0 Å². The van der Waals surface area contributed by atoms with Crippen LogP contribution in [-0.4, -0.2) is 7.11 Å². The zero-order valence-corrected chi connectivity index (χ0v) is 10.7. The van der Waals surface area contributed by atoms with Crippen molar-refractivity contribution in [2.45, 2.75) is 5.88 Å². The molecule has 1 nitrogen and oxygen atoms in total. The lowest BCUT2D eigenvalue weighted by Crippen LogP contribution is -1.89. The van der Waals surface area contributed by atoms with E-state index in [1.165, 1.54) is 10.1 Å². The molecule has 0 saturated carbocycles. The van der Waals surface area contributed by atoms with Crippen molar-refractivity contribution in [1.29, 1.82) is 0 Å². The first-order valence-electron chi connectivity index (χ1n) is 4.07. The first-order valence-corrected chi connectivity index (χ1v) is 6.21. The van der Waals surface area contributed by atoms with E-state index in [2.05, 4.69) is 28.1 Å². The Morgan fingerprint density at radius 1 is 1.50 bits per heavy atom. The summed E-state index contributed by atoms with van der Waals surface area (Å²) in [5.74, 6) is 1.33. The van der Waals surface area contributed by atoms with Gasteiger partial charge < -0.3 is 4.74 Å². The molecule has 0 fully saturated rings. The molecule has 2 rings (SSSR count). The number of methoxy groups -OCH3 is 1. The van der Waals surface area contributed by atoms with Crippen LogP contribution < -0.4 is 4.74 Å². The Bertz CT molecular complexity index is 466. The Hall–Kier alpha value is -0.250. The number of rotatable bonds is 2. The van der Waals surface area contributed by atoms with Gasteiger partial charge in [-0.25, -0.2) is 0 Å². The highest BCUT2D eigenvalue weighted by Crippen LogP contribution is 2.36. The lowest BCUT2D eigenvalue weighted by atomic mass is 10.1. The zero-order valence-electron chi connectivity index (χ0n) is 7.51. The van der Waals surface area contributed by atoms with E-state index in [0.29, 0.717) is 5.88 Å². The topological polar surface area (TPSA) is 9.23 Å². The van der Waals surface area contributed by atoms with E-state index in [1.807, 2.05) is 6.07 Å². The molecule has 0 aliphatic rings. The van der Waals surface area contributed by atoms with Gasteiger partial charge in [-0.1, -0.05) is 0 Å². The molecule has 0 bridgehead atoms. The van der Waals surface area contributed by atoms with Gasteiger partial charge in [-0.2, -0.15) is 0 Å². The highest BCUT2D eigenvalue weighted by Gasteiger charge is 2.09. The average Bonchev–Trinajstić information content (AvgIpc) is 2.56. The lowest BCUT2D eigenvalue weighted by Gasteiger charge is -2.06. The molecule has 0 unspecified atom stereocenters. The monoisotopic (exact) mass is 290 g/mol. The summed E-state index contributed by atoms with van der Waals surface area (Å²) < 4.78 is 7.61. The minimum atomic E-state index is 0.476. The summed E-state index contributed by atoms with van der Waals surface area (Å²) in [5, 5.41) is 1.18. The van der Waals surface area contributed by atoms with Crippen molar-refractivity contribution < 1.29 is 4.74 Å². The van der Waals surface area contributed by atoms with E-state index in [1.54, 1.807) is 18.4 Å². The van der Waals surface area contributed by atoms with Gasteiger partial charge in [0, 0.05) is 15.6 Å². The number of ether oxygens (including phenoxy) is 1. The maximum atomic E-state index is 5.91. The number of benzene rings is 1. The number of alkyl halides is 1. The first-order chi connectivity index (χ1) is 6.76. The largest absolute Gasteiger partial charge is 0.496 e. The number of hydrogen-bond donors (Lipinski definition) is 0. The molecule has 0 amide bonds. The molecule has 0 radical (unpaired) electrons. The average molecular weight is 292 g/mol. The second-order valence-electron chi connectivity index (χ2n) is 2.84. The molecule has 0 spiro atoms. The van der Waals surface area contributed by atoms with Crippen LogP contribution in [0.1, 0.15) is 5.56 Å². The van der Waals surface area contributed by atoms with Gasteiger partial charge in [0.1, 0.15) is 5.75 Å². The second-order valence-corrected chi connectivity index (χ2v) is 5.57. The summed E-state index contributed by atoms with van der Waals surface area (Å²) in [5.41, 5.74) is 1.06. The highest BCUT2D eigenvalue weighted by atomic mass is 79.9. The van der Waals surface area contributed by atoms with E-state index in [9.17, 15) is 0 Å². The predicted molar refractivity (Wildman–Crippen MR) is 65.6 cm³/mol. The number of thiophene rings is 1. The lowest BCUT2D eigenvalue weighted by molar-refractivity contribution is 0.412. The van der Waals surface area contributed by atoms with Gasteiger partial charge in [0.25, 0.3) is 0 Å². The third-order valence-electron chi connectivity index (χ3n) is 2.09. The third kappa shape index (κ3) is 1.64. The van der Waals surface area contributed by atoms with E-state index in [-0.39, 0.29) is 0 Å². The summed E-state index contributed by atoms with van der Waals surface area (Å²) in [4.78, 5) is 0. The van der Waals surface area contributed by atoms with Gasteiger partial charge in [0.15, 0.2) is 0 Å². The highest BCUT2D eigenvalue weighted by molar-refractivity contribution is 9.11. The Balaban J connectivity index is 2.75. The minimum Gasteiger partial charge on any atom is -0.496 e. The number of halogens is 2. The quantitative estimate of drug-likeness (QED) is 0.745. The molecule has 0 saturated heterocycles. The molecule has 1 aromatic heterocycles. The summed E-state index contributed by atoms with van der Waals surface area (Å²) in [6, 6.07) is 6.10. The van der Waals surface area contributed by atoms with E-state index >= 15 is 0 Å². The van der Waals surface area contributed by atoms with Crippen molar-refractivity contribution in [3.05, 3.63) is 27.5 Å². The standard InChI is InChI=1S/C10H8BrClOS/c1-13-8-2-3-9-6(7(8)5-12)4-10(11)14-9/h2-4H,5H2,1H3. The van der Waals surface area contributed by atoms with Crippen LogP contribution in [-0.2, 0) is 5.88 Å². The fourth-order valence-corrected chi connectivity index (χ4v) is 3.29. The zero-order chi connectivity index (χ0) is 10.1. The number of fused-ring (bicyclic) bond motifs is 1. The third-order valence-corrected chi connectivity index (χ3v) is 3.96. The molecule has 0 atom stereocenters. The maximum absolute atomic E-state index is 5.91. The summed E-state index contributed by atoms with van der Waals surface area (Å²) in [6.07, 6.45) is 0. The molecule has 2 aromatic rings. The Morgan fingerprint density at radius 3 is 2.93 bits per heavy atom. The number of hydrogen-bond acceptors (Lipinski definition) is 2. The first kappa shape index (κ1) is 10.3. The van der Waals surface area contributed by atoms with Crippen LogP contribution in [0.2, 0.25) is 0 Å². The molecular formula is C10H8BrClOS. The van der Waals surface area contributed by atoms with Crippen LogP contribution >= 0.6 is 38.9 Å². The van der Waals surface area contributed by atoms with Crippen LogP contribution in [0, 0.1) is 0 Å². The molecule has 4 heteroatoms. The van der Waals surface area contributed by atoms with Crippen molar-refractivity contribution >= 4 is 49.0 Å². The summed E-state index contributed by atoms with van der Waals surface area (Å²) >= 11 is 11.1. The van der Waals surface area contributed by atoms with Gasteiger partial charge in [-0.05, 0) is 34.1 Å². The van der Waals surface area contributed by atoms with Gasteiger partial charge in [0.05, 0.1) is 16.8 Å². The molecule has 74 valence electrons. The van der Waals surface area contributed by atoms with E-state index in [4.69, 9.17) is 16.3 Å². The molecule has 0 aliphatic heterocycles. The molecule has 0 aliphatic carbocycles. The van der Waals surface area contributed by atoms with Gasteiger partial charge in [0.2, 0.25) is 0 Å². The van der Waals surface area contributed by atoms with E-state index in [0.717, 1.165) is 15.1 Å². The van der Waals surface area contributed by atoms with Crippen LogP contribution in [0.3, 0.4) is 0 Å². The smallest absolute Gasteiger partial charge is 0.123 e. The normalized spacial score (nSPS) is 10.8. The van der Waals surface area contributed by atoms with Crippen molar-refractivity contribution in [2.24, 2.45) is 0 Å². The fourth-order valence-electron chi connectivity index (χ4n) is 1.45. The maximum Gasteiger partial charge on any atom is 0.123 e. The molecule has 1 heterocycles. The predicted octanol–water partition coefficient (Wildman–Crippen LogP) is 4.41. The second kappa shape index (κ2) is 4.09. The molecule has 0 N–H and O–H groups in total. The molecular weight excluding hydrogens is 284 g/mol. The van der Waals surface area contributed by atoms with Gasteiger partial charge >= 0.3 is 0 Å². The van der Waals surface area contributed by atoms with Gasteiger partial charge in [-0.15, -0.1) is 22.9 Å². The van der Waals surface area contributed by atoms with Crippen molar-refractivity contribution in [1.82, 2.24) is 0 Å². The summed E-state index contributed by atoms with van der Waals surface area (Å²) in [6.45, 7) is 0. The van der Waals surface area contributed by atoms with Crippen molar-refractivity contribution in [3.8, 4) is 5.75 Å². The van der Waals surface area contributed by atoms with Crippen LogP contribution in [0.25, 0.3) is 10.1 Å². The molecule has 14 heavy (non-hydrogen) atoms. The minimum absolute atomic E-state index is 0.476.